The highest BCUT2D eigenvalue weighted by molar-refractivity contribution is 6.32. The van der Waals surface area contributed by atoms with E-state index in [0.29, 0.717) is 5.82 Å². The van der Waals surface area contributed by atoms with Gasteiger partial charge in [0.15, 0.2) is 5.82 Å². The fraction of sp³-hybridized carbons (Fsp3) is 0.231. The summed E-state index contributed by atoms with van der Waals surface area (Å²) in [5.74, 6) is 0.346. The van der Waals surface area contributed by atoms with Crippen molar-refractivity contribution >= 4 is 28.8 Å². The normalized spacial score (nSPS) is 10.3. The van der Waals surface area contributed by atoms with Crippen LogP contribution in [0.2, 0.25) is 5.02 Å². The number of aryl methyl sites for hydroxylation is 1. The molecular formula is C13H15ClN4O. The monoisotopic (exact) mass is 278 g/mol. The molecule has 1 aromatic heterocycles. The van der Waals surface area contributed by atoms with E-state index in [1.165, 1.54) is 11.9 Å². The number of rotatable bonds is 3. The number of H-pyrrole nitrogens is 1. The van der Waals surface area contributed by atoms with Crippen molar-refractivity contribution in [2.45, 2.75) is 6.92 Å². The van der Waals surface area contributed by atoms with E-state index in [4.69, 9.17) is 11.6 Å². The Morgan fingerprint density at radius 1 is 1.37 bits per heavy atom. The molecule has 6 heteroatoms. The van der Waals surface area contributed by atoms with Gasteiger partial charge in [-0.25, -0.2) is 4.98 Å². The van der Waals surface area contributed by atoms with E-state index >= 15 is 0 Å². The number of aromatic nitrogens is 2. The van der Waals surface area contributed by atoms with E-state index in [0.717, 1.165) is 11.4 Å². The summed E-state index contributed by atoms with van der Waals surface area (Å²) in [5.41, 5.74) is 2.72. The molecule has 0 fully saturated rings. The summed E-state index contributed by atoms with van der Waals surface area (Å²) in [6.07, 6.45) is 1.32. The Morgan fingerprint density at radius 2 is 2.11 bits per heavy atom. The van der Waals surface area contributed by atoms with Crippen LogP contribution in [0.15, 0.2) is 29.3 Å². The largest absolute Gasteiger partial charge is 0.377 e. The molecule has 0 saturated carbocycles. The Balaban J connectivity index is 2.36. The average Bonchev–Trinajstić information content (AvgIpc) is 2.37. The summed E-state index contributed by atoms with van der Waals surface area (Å²) in [4.78, 5) is 19.8. The first-order valence-corrected chi connectivity index (χ1v) is 6.15. The lowest BCUT2D eigenvalue weighted by Gasteiger charge is -2.17. The first-order valence-electron chi connectivity index (χ1n) is 5.77. The predicted molar refractivity (Wildman–Crippen MR) is 78.7 cm³/mol. The molecule has 5 nitrogen and oxygen atoms in total. The SMILES string of the molecule is Cc1ccc(Nc2nc[nH]c(=O)c2Cl)cc1N(C)C. The first-order chi connectivity index (χ1) is 8.99. The molecule has 0 saturated heterocycles. The maximum absolute atomic E-state index is 11.4. The van der Waals surface area contributed by atoms with Gasteiger partial charge in [0.05, 0.1) is 6.33 Å². The van der Waals surface area contributed by atoms with Gasteiger partial charge in [0.2, 0.25) is 0 Å². The molecule has 0 aliphatic carbocycles. The number of hydrogen-bond acceptors (Lipinski definition) is 4. The van der Waals surface area contributed by atoms with E-state index < -0.39 is 0 Å². The molecule has 0 atom stereocenters. The molecule has 0 aliphatic rings. The number of halogens is 1. The van der Waals surface area contributed by atoms with Crippen molar-refractivity contribution in [3.8, 4) is 0 Å². The number of benzene rings is 1. The lowest BCUT2D eigenvalue weighted by molar-refractivity contribution is 1.11. The van der Waals surface area contributed by atoms with Crippen molar-refractivity contribution in [3.05, 3.63) is 45.5 Å². The fourth-order valence-electron chi connectivity index (χ4n) is 1.78. The van der Waals surface area contributed by atoms with Gasteiger partial charge < -0.3 is 15.2 Å². The summed E-state index contributed by atoms with van der Waals surface area (Å²) in [7, 11) is 3.95. The highest BCUT2D eigenvalue weighted by Crippen LogP contribution is 2.25. The van der Waals surface area contributed by atoms with Crippen LogP contribution in [0, 0.1) is 6.92 Å². The summed E-state index contributed by atoms with van der Waals surface area (Å²) >= 11 is 5.90. The zero-order valence-electron chi connectivity index (χ0n) is 11.0. The van der Waals surface area contributed by atoms with Crippen molar-refractivity contribution in [2.75, 3.05) is 24.3 Å². The zero-order chi connectivity index (χ0) is 14.0. The third-order valence-corrected chi connectivity index (χ3v) is 3.10. The summed E-state index contributed by atoms with van der Waals surface area (Å²) in [6, 6.07) is 5.90. The van der Waals surface area contributed by atoms with Gasteiger partial charge in [-0.3, -0.25) is 4.79 Å². The summed E-state index contributed by atoms with van der Waals surface area (Å²) < 4.78 is 0. The summed E-state index contributed by atoms with van der Waals surface area (Å²) in [6.45, 7) is 2.04. The van der Waals surface area contributed by atoms with Crippen molar-refractivity contribution in [1.82, 2.24) is 9.97 Å². The predicted octanol–water partition coefficient (Wildman–Crippen LogP) is 2.54. The molecule has 0 unspecified atom stereocenters. The van der Waals surface area contributed by atoms with E-state index in [1.807, 2.05) is 44.1 Å². The first kappa shape index (κ1) is 13.4. The molecule has 1 heterocycles. The Hall–Kier alpha value is -2.01. The van der Waals surface area contributed by atoms with Crippen molar-refractivity contribution in [2.24, 2.45) is 0 Å². The maximum Gasteiger partial charge on any atom is 0.271 e. The van der Waals surface area contributed by atoms with Gasteiger partial charge in [-0.2, -0.15) is 0 Å². The molecule has 0 radical (unpaired) electrons. The maximum atomic E-state index is 11.4. The van der Waals surface area contributed by atoms with Gasteiger partial charge in [0.25, 0.3) is 5.56 Å². The number of nitrogens with one attached hydrogen (secondary N) is 2. The molecule has 2 rings (SSSR count). The van der Waals surface area contributed by atoms with Crippen LogP contribution in [0.4, 0.5) is 17.2 Å². The van der Waals surface area contributed by atoms with E-state index in [9.17, 15) is 4.79 Å². The lowest BCUT2D eigenvalue weighted by atomic mass is 10.1. The van der Waals surface area contributed by atoms with Crippen LogP contribution in [0.5, 0.6) is 0 Å². The molecule has 100 valence electrons. The minimum Gasteiger partial charge on any atom is -0.377 e. The van der Waals surface area contributed by atoms with Gasteiger partial charge in [-0.1, -0.05) is 17.7 Å². The number of nitrogens with zero attached hydrogens (tertiary/aromatic N) is 2. The smallest absolute Gasteiger partial charge is 0.271 e. The molecule has 19 heavy (non-hydrogen) atoms. The Kier molecular flexibility index (Phi) is 3.76. The summed E-state index contributed by atoms with van der Waals surface area (Å²) in [5, 5.41) is 3.10. The van der Waals surface area contributed by atoms with Crippen molar-refractivity contribution < 1.29 is 0 Å². The molecule has 1 aromatic carbocycles. The van der Waals surface area contributed by atoms with Gasteiger partial charge in [0.1, 0.15) is 5.02 Å². The Bertz CT molecular complexity index is 651. The third kappa shape index (κ3) is 2.88. The topological polar surface area (TPSA) is 61.0 Å². The number of anilines is 3. The van der Waals surface area contributed by atoms with Gasteiger partial charge in [-0.15, -0.1) is 0 Å². The van der Waals surface area contributed by atoms with Gasteiger partial charge >= 0.3 is 0 Å². The second-order valence-electron chi connectivity index (χ2n) is 4.41. The lowest BCUT2D eigenvalue weighted by Crippen LogP contribution is -2.11. The quantitative estimate of drug-likeness (QED) is 0.906. The van der Waals surface area contributed by atoms with Crippen LogP contribution in [0.25, 0.3) is 0 Å². The Morgan fingerprint density at radius 3 is 2.79 bits per heavy atom. The minimum atomic E-state index is -0.362. The average molecular weight is 279 g/mol. The number of aromatic amines is 1. The minimum absolute atomic E-state index is 0.0504. The van der Waals surface area contributed by atoms with E-state index in [2.05, 4.69) is 15.3 Å². The second-order valence-corrected chi connectivity index (χ2v) is 4.79. The van der Waals surface area contributed by atoms with E-state index in [1.54, 1.807) is 0 Å². The van der Waals surface area contributed by atoms with Gasteiger partial charge in [0, 0.05) is 25.5 Å². The highest BCUT2D eigenvalue weighted by atomic mass is 35.5. The molecule has 0 amide bonds. The van der Waals surface area contributed by atoms with Crippen LogP contribution in [-0.4, -0.2) is 24.1 Å². The standard InChI is InChI=1S/C13H15ClN4O/c1-8-4-5-9(6-10(8)18(2)3)17-12-11(14)13(19)16-7-15-12/h4-7H,1-3H3,(H2,15,16,17,19). The van der Waals surface area contributed by atoms with E-state index in [-0.39, 0.29) is 10.6 Å². The number of hydrogen-bond donors (Lipinski definition) is 2. The second kappa shape index (κ2) is 5.32. The molecule has 0 aliphatic heterocycles. The molecular weight excluding hydrogens is 264 g/mol. The van der Waals surface area contributed by atoms with Gasteiger partial charge in [-0.05, 0) is 24.6 Å². The zero-order valence-corrected chi connectivity index (χ0v) is 11.7. The third-order valence-electron chi connectivity index (χ3n) is 2.75. The van der Waals surface area contributed by atoms with Crippen LogP contribution in [0.1, 0.15) is 5.56 Å². The van der Waals surface area contributed by atoms with Crippen LogP contribution in [0.3, 0.4) is 0 Å². The highest BCUT2D eigenvalue weighted by Gasteiger charge is 2.07. The van der Waals surface area contributed by atoms with Crippen LogP contribution in [-0.2, 0) is 0 Å². The fourth-order valence-corrected chi connectivity index (χ4v) is 1.93. The molecule has 2 N–H and O–H groups in total. The molecule has 0 bridgehead atoms. The molecule has 2 aromatic rings. The van der Waals surface area contributed by atoms with Crippen LogP contribution < -0.4 is 15.8 Å². The van der Waals surface area contributed by atoms with Crippen molar-refractivity contribution in [3.63, 3.8) is 0 Å². The Labute approximate surface area is 116 Å². The van der Waals surface area contributed by atoms with Crippen LogP contribution >= 0.6 is 11.6 Å². The molecule has 0 spiro atoms. The van der Waals surface area contributed by atoms with Crippen molar-refractivity contribution in [1.29, 1.82) is 0 Å².